The van der Waals surface area contributed by atoms with Crippen LogP contribution in [0.15, 0.2) is 23.1 Å². The highest BCUT2D eigenvalue weighted by molar-refractivity contribution is 7.89. The Morgan fingerprint density at radius 2 is 1.90 bits per heavy atom. The number of hydrazine groups is 1. The Morgan fingerprint density at radius 3 is 2.35 bits per heavy atom. The van der Waals surface area contributed by atoms with E-state index in [9.17, 15) is 13.2 Å². The van der Waals surface area contributed by atoms with Gasteiger partial charge in [0.2, 0.25) is 0 Å². The molecule has 0 unspecified atom stereocenters. The van der Waals surface area contributed by atoms with Gasteiger partial charge in [0.25, 0.3) is 15.9 Å². The fourth-order valence-electron chi connectivity index (χ4n) is 1.51. The van der Waals surface area contributed by atoms with E-state index in [0.29, 0.717) is 5.56 Å². The van der Waals surface area contributed by atoms with E-state index in [0.717, 1.165) is 0 Å². The summed E-state index contributed by atoms with van der Waals surface area (Å²) in [5.41, 5.74) is -0.0961. The first-order valence-electron chi connectivity index (χ1n) is 5.83. The largest absolute Gasteiger partial charge is 0.495 e. The molecule has 0 bridgehead atoms. The van der Waals surface area contributed by atoms with Gasteiger partial charge in [-0.2, -0.15) is 0 Å². The number of nitrogens with one attached hydrogen (secondary N) is 2. The fourth-order valence-corrected chi connectivity index (χ4v) is 2.29. The third kappa shape index (κ3) is 3.92. The Kier molecular flexibility index (Phi) is 4.74. The summed E-state index contributed by atoms with van der Waals surface area (Å²) in [6.07, 6.45) is 0. The second kappa shape index (κ2) is 5.78. The topological polar surface area (TPSA) is 111 Å². The van der Waals surface area contributed by atoms with Crippen LogP contribution in [0.25, 0.3) is 0 Å². The van der Waals surface area contributed by atoms with E-state index in [1.165, 1.54) is 25.3 Å². The second-order valence-corrected chi connectivity index (χ2v) is 6.87. The average Bonchev–Trinajstić information content (AvgIpc) is 2.35. The lowest BCUT2D eigenvalue weighted by atomic mass is 10.1. The molecule has 0 saturated carbocycles. The Hall–Kier alpha value is -1.64. The van der Waals surface area contributed by atoms with Crippen molar-refractivity contribution in [2.24, 2.45) is 5.84 Å². The smallest absolute Gasteiger partial charge is 0.256 e. The number of methoxy groups -OCH3 is 1. The summed E-state index contributed by atoms with van der Waals surface area (Å²) in [5, 5.41) is 2.77. The van der Waals surface area contributed by atoms with Crippen LogP contribution in [0, 0.1) is 0 Å². The Balaban J connectivity index is 3.20. The summed E-state index contributed by atoms with van der Waals surface area (Å²) in [6.45, 7) is 5.54. The third-order valence-corrected chi connectivity index (χ3v) is 3.59. The molecule has 1 amide bonds. The molecule has 0 aliphatic carbocycles. The predicted octanol–water partition coefficient (Wildman–Crippen LogP) is 0.376. The Morgan fingerprint density at radius 1 is 1.30 bits per heavy atom. The van der Waals surface area contributed by atoms with E-state index in [4.69, 9.17) is 10.6 Å². The van der Waals surface area contributed by atoms with Crippen molar-refractivity contribution in [1.29, 1.82) is 0 Å². The zero-order valence-corrected chi connectivity index (χ0v) is 12.7. The number of nitrogens with two attached hydrogens (primary N) is 1. The maximum absolute atomic E-state index is 12.0. The number of ether oxygens (including phenoxy) is 1. The summed E-state index contributed by atoms with van der Waals surface area (Å²) < 4.78 is 28.3. The van der Waals surface area contributed by atoms with E-state index in [2.05, 4.69) is 5.32 Å². The molecule has 0 aliphatic heterocycles. The quantitative estimate of drug-likeness (QED) is 0.550. The number of hydrogen-bond donors (Lipinski definition) is 3. The fraction of sp³-hybridized carbons (Fsp3) is 0.417. The van der Waals surface area contributed by atoms with Crippen molar-refractivity contribution in [3.05, 3.63) is 23.8 Å². The summed E-state index contributed by atoms with van der Waals surface area (Å²) in [6, 6.07) is 4.02. The minimum absolute atomic E-state index is 0.0458. The second-order valence-electron chi connectivity index (χ2n) is 5.19. The van der Waals surface area contributed by atoms with Crippen LogP contribution < -0.4 is 20.7 Å². The van der Waals surface area contributed by atoms with Gasteiger partial charge in [0.1, 0.15) is 10.6 Å². The van der Waals surface area contributed by atoms with Crippen molar-refractivity contribution < 1.29 is 17.9 Å². The Bertz CT molecular complexity index is 606. The van der Waals surface area contributed by atoms with Gasteiger partial charge in [0, 0.05) is 11.1 Å². The van der Waals surface area contributed by atoms with Crippen LogP contribution in [0.2, 0.25) is 0 Å². The van der Waals surface area contributed by atoms with Gasteiger partial charge in [-0.15, -0.1) is 4.83 Å². The molecule has 0 fully saturated rings. The van der Waals surface area contributed by atoms with Crippen molar-refractivity contribution >= 4 is 15.9 Å². The van der Waals surface area contributed by atoms with Crippen molar-refractivity contribution in [3.63, 3.8) is 0 Å². The molecule has 0 heterocycles. The van der Waals surface area contributed by atoms with Crippen molar-refractivity contribution in [2.45, 2.75) is 31.2 Å². The molecule has 0 atom stereocenters. The van der Waals surface area contributed by atoms with Gasteiger partial charge in [0.05, 0.1) is 7.11 Å². The zero-order valence-electron chi connectivity index (χ0n) is 11.9. The van der Waals surface area contributed by atoms with E-state index < -0.39 is 15.6 Å². The van der Waals surface area contributed by atoms with Gasteiger partial charge in [-0.25, -0.2) is 8.42 Å². The van der Waals surface area contributed by atoms with Crippen LogP contribution in [-0.2, 0) is 10.0 Å². The summed E-state index contributed by atoms with van der Waals surface area (Å²) in [5.74, 6) is 4.70. The number of sulfonamides is 1. The van der Waals surface area contributed by atoms with Gasteiger partial charge >= 0.3 is 0 Å². The predicted molar refractivity (Wildman–Crippen MR) is 74.7 cm³/mol. The molecule has 0 spiro atoms. The molecular formula is C12H19N3O4S. The zero-order chi connectivity index (χ0) is 15.6. The molecule has 0 aliphatic rings. The Labute approximate surface area is 118 Å². The maximum atomic E-state index is 12.0. The lowest BCUT2D eigenvalue weighted by molar-refractivity contribution is 0.0919. The van der Waals surface area contributed by atoms with E-state index in [1.54, 1.807) is 4.83 Å². The third-order valence-electron chi connectivity index (χ3n) is 2.36. The van der Waals surface area contributed by atoms with Crippen LogP contribution in [0.4, 0.5) is 0 Å². The minimum Gasteiger partial charge on any atom is -0.495 e. The lowest BCUT2D eigenvalue weighted by Crippen LogP contribution is -2.40. The first-order valence-corrected chi connectivity index (χ1v) is 7.32. The molecular weight excluding hydrogens is 282 g/mol. The highest BCUT2D eigenvalue weighted by Gasteiger charge is 2.21. The van der Waals surface area contributed by atoms with Crippen LogP contribution in [0.1, 0.15) is 31.1 Å². The monoisotopic (exact) mass is 301 g/mol. The van der Waals surface area contributed by atoms with Crippen LogP contribution in [-0.4, -0.2) is 27.0 Å². The highest BCUT2D eigenvalue weighted by atomic mass is 32.2. The van der Waals surface area contributed by atoms with E-state index in [1.807, 2.05) is 20.8 Å². The van der Waals surface area contributed by atoms with Crippen LogP contribution in [0.3, 0.4) is 0 Å². The van der Waals surface area contributed by atoms with Gasteiger partial charge in [-0.1, -0.05) is 0 Å². The van der Waals surface area contributed by atoms with Crippen molar-refractivity contribution in [3.8, 4) is 5.75 Å². The molecule has 7 nitrogen and oxygen atoms in total. The van der Waals surface area contributed by atoms with E-state index >= 15 is 0 Å². The van der Waals surface area contributed by atoms with E-state index in [-0.39, 0.29) is 16.6 Å². The minimum atomic E-state index is -3.85. The van der Waals surface area contributed by atoms with Gasteiger partial charge in [-0.3, -0.25) is 10.6 Å². The SMILES string of the molecule is COc1cc(C(=O)NC(C)(C)C)ccc1S(=O)(=O)NN. The molecule has 20 heavy (non-hydrogen) atoms. The van der Waals surface area contributed by atoms with Crippen molar-refractivity contribution in [1.82, 2.24) is 10.1 Å². The number of carbonyl (C=O) groups is 1. The molecule has 0 radical (unpaired) electrons. The molecule has 1 aromatic rings. The summed E-state index contributed by atoms with van der Waals surface area (Å²) >= 11 is 0. The molecule has 112 valence electrons. The normalized spacial score (nSPS) is 12.1. The summed E-state index contributed by atoms with van der Waals surface area (Å²) in [7, 11) is -2.53. The maximum Gasteiger partial charge on any atom is 0.256 e. The highest BCUT2D eigenvalue weighted by Crippen LogP contribution is 2.24. The summed E-state index contributed by atoms with van der Waals surface area (Å²) in [4.78, 5) is 13.6. The lowest BCUT2D eigenvalue weighted by Gasteiger charge is -2.20. The van der Waals surface area contributed by atoms with Gasteiger partial charge in [-0.05, 0) is 39.0 Å². The van der Waals surface area contributed by atoms with Gasteiger partial charge in [0.15, 0.2) is 0 Å². The molecule has 0 aromatic heterocycles. The van der Waals surface area contributed by atoms with Crippen LogP contribution in [0.5, 0.6) is 5.75 Å². The van der Waals surface area contributed by atoms with Crippen molar-refractivity contribution in [2.75, 3.05) is 7.11 Å². The first-order chi connectivity index (χ1) is 9.10. The molecule has 4 N–H and O–H groups in total. The number of benzene rings is 1. The van der Waals surface area contributed by atoms with Gasteiger partial charge < -0.3 is 10.1 Å². The molecule has 1 rings (SSSR count). The number of amides is 1. The average molecular weight is 301 g/mol. The molecule has 0 saturated heterocycles. The van der Waals surface area contributed by atoms with Crippen LogP contribution >= 0.6 is 0 Å². The first kappa shape index (κ1) is 16.4. The molecule has 1 aromatic carbocycles. The number of rotatable bonds is 4. The number of carbonyl (C=O) groups excluding carboxylic acids is 1. The molecule has 8 heteroatoms. The number of hydrogen-bond acceptors (Lipinski definition) is 5. The standard InChI is InChI=1S/C12H19N3O4S/c1-12(2,3)14-11(16)8-5-6-10(9(7-8)19-4)20(17,18)15-13/h5-7,15H,13H2,1-4H3,(H,14,16).